The molecule has 0 bridgehead atoms. The van der Waals surface area contributed by atoms with E-state index in [2.05, 4.69) is 63.7 Å². The van der Waals surface area contributed by atoms with Crippen LogP contribution >= 0.6 is 15.9 Å². The molecule has 0 spiro atoms. The van der Waals surface area contributed by atoms with Gasteiger partial charge in [-0.05, 0) is 57.7 Å². The van der Waals surface area contributed by atoms with Crippen LogP contribution in [0.2, 0.25) is 0 Å². The molecule has 1 N–H and O–H groups in total. The van der Waals surface area contributed by atoms with Crippen molar-refractivity contribution in [1.29, 1.82) is 0 Å². The van der Waals surface area contributed by atoms with E-state index >= 15 is 0 Å². The van der Waals surface area contributed by atoms with E-state index in [1.54, 1.807) is 7.11 Å². The largest absolute Gasteiger partial charge is 0.496 e. The number of nitrogens with one attached hydrogen (secondary N) is 1. The maximum atomic E-state index is 5.47. The van der Waals surface area contributed by atoms with Crippen LogP contribution < -0.4 is 10.1 Å². The molecule has 1 heterocycles. The Hall–Kier alpha value is -1.32. The van der Waals surface area contributed by atoms with Crippen LogP contribution in [-0.2, 0) is 6.42 Å². The van der Waals surface area contributed by atoms with Gasteiger partial charge in [-0.2, -0.15) is 0 Å². The molecule has 1 atom stereocenters. The van der Waals surface area contributed by atoms with Gasteiger partial charge in [0.05, 0.1) is 11.6 Å². The molecule has 1 unspecified atom stereocenters. The van der Waals surface area contributed by atoms with Crippen molar-refractivity contribution < 1.29 is 4.74 Å². The highest BCUT2D eigenvalue weighted by Gasteiger charge is 2.21. The minimum atomic E-state index is 0.385. The molecule has 0 amide bonds. The lowest BCUT2D eigenvalue weighted by Crippen LogP contribution is -2.20. The number of hydrogen-bond donors (Lipinski definition) is 1. The summed E-state index contributed by atoms with van der Waals surface area (Å²) >= 11 is 3.59. The zero-order valence-electron chi connectivity index (χ0n) is 11.5. The highest BCUT2D eigenvalue weighted by atomic mass is 79.9. The van der Waals surface area contributed by atoms with E-state index in [0.29, 0.717) is 5.92 Å². The second-order valence-corrected chi connectivity index (χ2v) is 5.96. The van der Waals surface area contributed by atoms with Crippen LogP contribution in [0, 0.1) is 0 Å². The predicted molar refractivity (Wildman–Crippen MR) is 85.6 cm³/mol. The molecule has 104 valence electrons. The van der Waals surface area contributed by atoms with Crippen molar-refractivity contribution in [3.8, 4) is 5.75 Å². The van der Waals surface area contributed by atoms with Crippen molar-refractivity contribution in [2.45, 2.75) is 12.3 Å². The van der Waals surface area contributed by atoms with Gasteiger partial charge >= 0.3 is 0 Å². The van der Waals surface area contributed by atoms with Gasteiger partial charge in [-0.3, -0.25) is 0 Å². The summed E-state index contributed by atoms with van der Waals surface area (Å²) in [5, 5.41) is 3.54. The zero-order valence-corrected chi connectivity index (χ0v) is 13.1. The van der Waals surface area contributed by atoms with Crippen LogP contribution in [0.3, 0.4) is 0 Å². The van der Waals surface area contributed by atoms with E-state index in [-0.39, 0.29) is 0 Å². The summed E-state index contributed by atoms with van der Waals surface area (Å²) in [4.78, 5) is 0. The molecule has 20 heavy (non-hydrogen) atoms. The Morgan fingerprint density at radius 1 is 1.20 bits per heavy atom. The summed E-state index contributed by atoms with van der Waals surface area (Å²) in [6.45, 7) is 2.00. The topological polar surface area (TPSA) is 21.3 Å². The van der Waals surface area contributed by atoms with E-state index in [1.165, 1.54) is 16.7 Å². The number of ether oxygens (including phenoxy) is 1. The van der Waals surface area contributed by atoms with Gasteiger partial charge in [-0.1, -0.05) is 30.3 Å². The molecule has 3 rings (SSSR count). The number of fused-ring (bicyclic) bond motifs is 1. The molecule has 0 aromatic heterocycles. The molecular weight excluding hydrogens is 314 g/mol. The zero-order chi connectivity index (χ0) is 13.9. The third kappa shape index (κ3) is 2.60. The number of benzene rings is 2. The summed E-state index contributed by atoms with van der Waals surface area (Å²) in [7, 11) is 1.72. The second kappa shape index (κ2) is 5.98. The van der Waals surface area contributed by atoms with Crippen LogP contribution in [0.5, 0.6) is 5.75 Å². The fraction of sp³-hybridized carbons (Fsp3) is 0.294. The maximum absolute atomic E-state index is 5.47. The van der Waals surface area contributed by atoms with Crippen molar-refractivity contribution in [1.82, 2.24) is 5.32 Å². The first-order valence-corrected chi connectivity index (χ1v) is 7.71. The Labute approximate surface area is 128 Å². The fourth-order valence-corrected chi connectivity index (χ4v) is 3.42. The molecule has 2 aromatic carbocycles. The van der Waals surface area contributed by atoms with Gasteiger partial charge in [0.1, 0.15) is 5.75 Å². The third-order valence-electron chi connectivity index (χ3n) is 3.91. The molecule has 0 fully saturated rings. The first-order valence-electron chi connectivity index (χ1n) is 6.91. The number of halogens is 1. The smallest absolute Gasteiger partial charge is 0.133 e. The van der Waals surface area contributed by atoms with E-state index < -0.39 is 0 Å². The van der Waals surface area contributed by atoms with Gasteiger partial charge < -0.3 is 10.1 Å². The number of rotatable bonds is 2. The van der Waals surface area contributed by atoms with Crippen LogP contribution in [-0.4, -0.2) is 20.2 Å². The first kappa shape index (κ1) is 13.7. The van der Waals surface area contributed by atoms with Crippen molar-refractivity contribution in [3.05, 3.63) is 63.6 Å². The molecule has 0 saturated carbocycles. The van der Waals surface area contributed by atoms with E-state index in [4.69, 9.17) is 4.74 Å². The molecule has 1 aliphatic rings. The lowest BCUT2D eigenvalue weighted by molar-refractivity contribution is 0.411. The number of methoxy groups -OCH3 is 1. The van der Waals surface area contributed by atoms with Crippen molar-refractivity contribution in [2.24, 2.45) is 0 Å². The lowest BCUT2D eigenvalue weighted by Gasteiger charge is -2.19. The normalized spacial score (nSPS) is 18.2. The highest BCUT2D eigenvalue weighted by Crippen LogP contribution is 2.36. The highest BCUT2D eigenvalue weighted by molar-refractivity contribution is 9.10. The Balaban J connectivity index is 2.11. The van der Waals surface area contributed by atoms with Crippen molar-refractivity contribution >= 4 is 15.9 Å². The van der Waals surface area contributed by atoms with Crippen LogP contribution in [0.15, 0.2) is 46.9 Å². The Kier molecular flexibility index (Phi) is 4.08. The predicted octanol–water partition coefficient (Wildman–Crippen LogP) is 3.74. The van der Waals surface area contributed by atoms with Crippen molar-refractivity contribution in [2.75, 3.05) is 20.2 Å². The summed E-state index contributed by atoms with van der Waals surface area (Å²) in [5.41, 5.74) is 4.13. The molecule has 2 aromatic rings. The molecular formula is C17H18BrNO. The fourth-order valence-electron chi connectivity index (χ4n) is 2.87. The molecule has 0 saturated heterocycles. The molecule has 3 heteroatoms. The second-order valence-electron chi connectivity index (χ2n) is 5.10. The lowest BCUT2D eigenvalue weighted by atomic mass is 9.88. The average Bonchev–Trinajstić information content (AvgIpc) is 2.69. The Morgan fingerprint density at radius 3 is 2.75 bits per heavy atom. The Morgan fingerprint density at radius 2 is 2.00 bits per heavy atom. The van der Waals surface area contributed by atoms with Gasteiger partial charge in [0.2, 0.25) is 0 Å². The van der Waals surface area contributed by atoms with E-state index in [9.17, 15) is 0 Å². The first-order chi connectivity index (χ1) is 9.79. The summed E-state index contributed by atoms with van der Waals surface area (Å²) < 4.78 is 6.50. The van der Waals surface area contributed by atoms with Crippen LogP contribution in [0.25, 0.3) is 0 Å². The van der Waals surface area contributed by atoms with Crippen molar-refractivity contribution in [3.63, 3.8) is 0 Å². The van der Waals surface area contributed by atoms with Gasteiger partial charge in [0, 0.05) is 12.5 Å². The minimum absolute atomic E-state index is 0.385. The summed E-state index contributed by atoms with van der Waals surface area (Å²) in [6.07, 6.45) is 1.06. The number of hydrogen-bond acceptors (Lipinski definition) is 2. The summed E-state index contributed by atoms with van der Waals surface area (Å²) in [6, 6.07) is 15.1. The molecule has 2 nitrogen and oxygen atoms in total. The Bertz CT molecular complexity index is 597. The van der Waals surface area contributed by atoms with E-state index in [1.807, 2.05) is 0 Å². The molecule has 0 radical (unpaired) electrons. The van der Waals surface area contributed by atoms with Crippen LogP contribution in [0.1, 0.15) is 22.6 Å². The van der Waals surface area contributed by atoms with Gasteiger partial charge in [-0.25, -0.2) is 0 Å². The van der Waals surface area contributed by atoms with Gasteiger partial charge in [0.15, 0.2) is 0 Å². The summed E-state index contributed by atoms with van der Waals surface area (Å²) in [5.74, 6) is 1.29. The minimum Gasteiger partial charge on any atom is -0.496 e. The van der Waals surface area contributed by atoms with Gasteiger partial charge in [0.25, 0.3) is 0 Å². The molecule has 0 aliphatic carbocycles. The average molecular weight is 332 g/mol. The monoisotopic (exact) mass is 331 g/mol. The maximum Gasteiger partial charge on any atom is 0.133 e. The quantitative estimate of drug-likeness (QED) is 0.905. The molecule has 1 aliphatic heterocycles. The SMILES string of the molecule is COc1cc2c(cc1Br)CCNCC2c1ccccc1. The standard InChI is InChI=1S/C17H18BrNO/c1-20-17-10-14-13(9-16(17)18)7-8-19-11-15(14)12-5-3-2-4-6-12/h2-6,9-10,15,19H,7-8,11H2,1H3. The third-order valence-corrected chi connectivity index (χ3v) is 4.53. The van der Waals surface area contributed by atoms with Gasteiger partial charge in [-0.15, -0.1) is 0 Å². The van der Waals surface area contributed by atoms with Crippen LogP contribution in [0.4, 0.5) is 0 Å². The van der Waals surface area contributed by atoms with E-state index in [0.717, 1.165) is 29.7 Å².